The number of aliphatic hydroxyl groups excluding tert-OH is 5. The lowest BCUT2D eigenvalue weighted by Gasteiger charge is -2.40. The lowest BCUT2D eigenvalue weighted by Crippen LogP contribution is -2.60. The third-order valence-electron chi connectivity index (χ3n) is 12.8. The Hall–Kier alpha value is -3.41. The van der Waals surface area contributed by atoms with Gasteiger partial charge in [0.25, 0.3) is 0 Å². The van der Waals surface area contributed by atoms with Crippen LogP contribution in [-0.4, -0.2) is 87.5 Å². The molecule has 9 heteroatoms. The van der Waals surface area contributed by atoms with Crippen LogP contribution in [0.2, 0.25) is 0 Å². The van der Waals surface area contributed by atoms with E-state index < -0.39 is 49.5 Å². The first-order chi connectivity index (χ1) is 35.3. The van der Waals surface area contributed by atoms with E-state index in [9.17, 15) is 30.3 Å². The van der Waals surface area contributed by atoms with Gasteiger partial charge in [0.15, 0.2) is 6.29 Å². The predicted octanol–water partition coefficient (Wildman–Crippen LogP) is 14.3. The van der Waals surface area contributed by atoms with Crippen LogP contribution in [0.5, 0.6) is 0 Å². The molecule has 0 bridgehead atoms. The highest BCUT2D eigenvalue weighted by Gasteiger charge is 2.44. The van der Waals surface area contributed by atoms with Crippen LogP contribution in [0.3, 0.4) is 0 Å². The maximum atomic E-state index is 13.0. The van der Waals surface area contributed by atoms with Gasteiger partial charge in [-0.25, -0.2) is 0 Å². The van der Waals surface area contributed by atoms with Crippen LogP contribution in [0.15, 0.2) is 122 Å². The highest BCUT2D eigenvalue weighted by atomic mass is 16.7. The first-order valence-corrected chi connectivity index (χ1v) is 28.7. The molecule has 0 saturated carbocycles. The van der Waals surface area contributed by atoms with E-state index in [4.69, 9.17) is 9.47 Å². The van der Waals surface area contributed by atoms with Gasteiger partial charge < -0.3 is 40.3 Å². The van der Waals surface area contributed by atoms with Gasteiger partial charge in [0, 0.05) is 6.42 Å². The molecular formula is C63H105NO8. The van der Waals surface area contributed by atoms with Gasteiger partial charge in [0.1, 0.15) is 24.4 Å². The molecule has 410 valence electrons. The van der Waals surface area contributed by atoms with Crippen molar-refractivity contribution in [2.45, 2.75) is 256 Å². The summed E-state index contributed by atoms with van der Waals surface area (Å²) in [6, 6.07) is -0.730. The van der Waals surface area contributed by atoms with E-state index in [1.54, 1.807) is 0 Å². The summed E-state index contributed by atoms with van der Waals surface area (Å²) in [7, 11) is 0. The molecule has 0 aromatic rings. The summed E-state index contributed by atoms with van der Waals surface area (Å²) in [5.74, 6) is -0.160. The van der Waals surface area contributed by atoms with Crippen molar-refractivity contribution in [2.24, 2.45) is 0 Å². The molecule has 1 fully saturated rings. The summed E-state index contributed by atoms with van der Waals surface area (Å²) in [5.41, 5.74) is 0. The monoisotopic (exact) mass is 1000 g/mol. The van der Waals surface area contributed by atoms with E-state index >= 15 is 0 Å². The molecular weight excluding hydrogens is 899 g/mol. The average molecular weight is 1000 g/mol. The normalized spacial score (nSPS) is 20.1. The number of hydrogen-bond acceptors (Lipinski definition) is 8. The maximum Gasteiger partial charge on any atom is 0.220 e. The first kappa shape index (κ1) is 66.6. The van der Waals surface area contributed by atoms with Crippen molar-refractivity contribution in [3.05, 3.63) is 122 Å². The van der Waals surface area contributed by atoms with Gasteiger partial charge in [0.2, 0.25) is 5.91 Å². The van der Waals surface area contributed by atoms with Crippen molar-refractivity contribution in [3.63, 3.8) is 0 Å². The summed E-state index contributed by atoms with van der Waals surface area (Å²) in [6.07, 6.45) is 69.5. The van der Waals surface area contributed by atoms with Crippen LogP contribution in [0.4, 0.5) is 0 Å². The molecule has 9 nitrogen and oxygen atoms in total. The second kappa shape index (κ2) is 51.1. The van der Waals surface area contributed by atoms with Crippen molar-refractivity contribution in [1.82, 2.24) is 5.32 Å². The zero-order valence-corrected chi connectivity index (χ0v) is 45.4. The van der Waals surface area contributed by atoms with Crippen LogP contribution in [0.1, 0.15) is 213 Å². The van der Waals surface area contributed by atoms with Crippen LogP contribution in [0, 0.1) is 0 Å². The van der Waals surface area contributed by atoms with E-state index in [0.29, 0.717) is 12.8 Å². The Morgan fingerprint density at radius 3 is 1.28 bits per heavy atom. The zero-order valence-electron chi connectivity index (χ0n) is 45.4. The minimum Gasteiger partial charge on any atom is -0.394 e. The van der Waals surface area contributed by atoms with Gasteiger partial charge >= 0.3 is 0 Å². The molecule has 1 aliphatic rings. The van der Waals surface area contributed by atoms with Crippen LogP contribution >= 0.6 is 0 Å². The zero-order chi connectivity index (χ0) is 52.2. The number of carbonyl (C=O) groups is 1. The topological polar surface area (TPSA) is 149 Å². The Morgan fingerprint density at radius 1 is 0.486 bits per heavy atom. The number of amides is 1. The number of nitrogens with one attached hydrogen (secondary N) is 1. The number of aliphatic hydroxyl groups is 5. The standard InChI is InChI=1S/C63H105NO8/c1-3-5-7-9-11-13-15-16-17-18-19-20-21-22-23-24-25-26-27-28-29-30-31-32-33-34-35-36-37-38-39-40-41-42-43-45-47-49-51-53-59(67)64-56(55-71-63-62(70)61(69)60(68)58(54-65)72-63)57(66)52-50-48-46-44-14-12-10-8-6-4-2/h5,7,11,13,16-17,19-20,22-23,25-26,28-29,31-32,34-35,37-38,56-58,60-63,65-66,68-70H,3-4,6,8-10,12,14-15,18,21,24,27,30,33,36,39-55H2,1-2H3,(H,64,67)/b7-5-,13-11-,17-16-,20-19-,23-22-,26-25-,29-28-,32-31-,35-34-,38-37-. The molecule has 0 aliphatic carbocycles. The fourth-order valence-electron chi connectivity index (χ4n) is 8.31. The van der Waals surface area contributed by atoms with Gasteiger partial charge in [-0.3, -0.25) is 4.79 Å². The van der Waals surface area contributed by atoms with Crippen molar-refractivity contribution in [1.29, 1.82) is 0 Å². The molecule has 1 heterocycles. The van der Waals surface area contributed by atoms with E-state index in [1.165, 1.54) is 70.6 Å². The minimum atomic E-state index is -1.56. The molecule has 72 heavy (non-hydrogen) atoms. The average Bonchev–Trinajstić information content (AvgIpc) is 3.38. The maximum absolute atomic E-state index is 13.0. The number of hydrogen-bond donors (Lipinski definition) is 6. The van der Waals surface area contributed by atoms with Crippen molar-refractivity contribution in [3.8, 4) is 0 Å². The quantitative estimate of drug-likeness (QED) is 0.0261. The Kier molecular flexibility index (Phi) is 47.3. The number of rotatable bonds is 47. The van der Waals surface area contributed by atoms with E-state index in [2.05, 4.69) is 141 Å². The van der Waals surface area contributed by atoms with Gasteiger partial charge in [-0.05, 0) is 89.9 Å². The van der Waals surface area contributed by atoms with Gasteiger partial charge in [-0.1, -0.05) is 238 Å². The van der Waals surface area contributed by atoms with Gasteiger partial charge in [0.05, 0.1) is 25.4 Å². The Morgan fingerprint density at radius 2 is 0.861 bits per heavy atom. The molecule has 6 N–H and O–H groups in total. The number of ether oxygens (including phenoxy) is 2. The minimum absolute atomic E-state index is 0.148. The molecule has 0 aromatic heterocycles. The highest BCUT2D eigenvalue weighted by Crippen LogP contribution is 2.23. The Balaban J connectivity index is 2.13. The smallest absolute Gasteiger partial charge is 0.220 e. The lowest BCUT2D eigenvalue weighted by molar-refractivity contribution is -0.302. The largest absolute Gasteiger partial charge is 0.394 e. The Bertz CT molecular complexity index is 1540. The van der Waals surface area contributed by atoms with Crippen LogP contribution in [0.25, 0.3) is 0 Å². The Labute approximate surface area is 439 Å². The summed E-state index contributed by atoms with van der Waals surface area (Å²) < 4.78 is 11.3. The van der Waals surface area contributed by atoms with Crippen molar-refractivity contribution < 1.29 is 39.8 Å². The van der Waals surface area contributed by atoms with E-state index in [0.717, 1.165) is 116 Å². The van der Waals surface area contributed by atoms with E-state index in [-0.39, 0.29) is 12.5 Å². The fourth-order valence-corrected chi connectivity index (χ4v) is 8.31. The number of allylic oxidation sites excluding steroid dienone is 20. The third kappa shape index (κ3) is 40.0. The molecule has 1 amide bonds. The number of carbonyl (C=O) groups excluding carboxylic acids is 1. The van der Waals surface area contributed by atoms with Crippen molar-refractivity contribution >= 4 is 5.91 Å². The molecule has 7 unspecified atom stereocenters. The molecule has 1 aliphatic heterocycles. The molecule has 0 spiro atoms. The van der Waals surface area contributed by atoms with Crippen molar-refractivity contribution in [2.75, 3.05) is 13.2 Å². The molecule has 7 atom stereocenters. The van der Waals surface area contributed by atoms with Gasteiger partial charge in [-0.15, -0.1) is 0 Å². The van der Waals surface area contributed by atoms with Gasteiger partial charge in [-0.2, -0.15) is 0 Å². The van der Waals surface area contributed by atoms with Crippen LogP contribution in [-0.2, 0) is 14.3 Å². The SMILES string of the molecule is CC/C=C\C/C=C\C/C=C\C/C=C\C/C=C\C/C=C\C/C=C\C/C=C\C/C=C\C/C=C\CCCCCCCCCCC(=O)NC(COC1OC(CO)C(O)C(O)C1O)C(O)CCCCCCCCCCCC. The number of unbranched alkanes of at least 4 members (excludes halogenated alkanes) is 17. The molecule has 0 radical (unpaired) electrons. The summed E-state index contributed by atoms with van der Waals surface area (Å²) in [5, 5.41) is 54.4. The summed E-state index contributed by atoms with van der Waals surface area (Å²) >= 11 is 0. The fraction of sp³-hybridized carbons (Fsp3) is 0.667. The lowest BCUT2D eigenvalue weighted by atomic mass is 9.99. The summed E-state index contributed by atoms with van der Waals surface area (Å²) in [6.45, 7) is 3.68. The molecule has 1 rings (SSSR count). The van der Waals surface area contributed by atoms with E-state index in [1.807, 2.05) is 0 Å². The summed E-state index contributed by atoms with van der Waals surface area (Å²) in [4.78, 5) is 13.0. The molecule has 0 aromatic carbocycles. The highest BCUT2D eigenvalue weighted by molar-refractivity contribution is 5.76. The predicted molar refractivity (Wildman–Crippen MR) is 304 cm³/mol. The second-order valence-electron chi connectivity index (χ2n) is 19.4. The molecule has 1 saturated heterocycles. The third-order valence-corrected chi connectivity index (χ3v) is 12.8. The second-order valence-corrected chi connectivity index (χ2v) is 19.4. The van der Waals surface area contributed by atoms with Crippen LogP contribution < -0.4 is 5.32 Å². The first-order valence-electron chi connectivity index (χ1n) is 28.7.